The fourth-order valence-corrected chi connectivity index (χ4v) is 5.21. The number of benzene rings is 3. The van der Waals surface area contributed by atoms with Gasteiger partial charge in [-0.15, -0.1) is 0 Å². The summed E-state index contributed by atoms with van der Waals surface area (Å²) in [4.78, 5) is 56.7. The molecule has 1 aliphatic rings. The highest BCUT2D eigenvalue weighted by molar-refractivity contribution is 8.15. The van der Waals surface area contributed by atoms with Gasteiger partial charge < -0.3 is 14.8 Å². The molecule has 1 fully saturated rings. The predicted molar refractivity (Wildman–Crippen MR) is 159 cm³/mol. The predicted octanol–water partition coefficient (Wildman–Crippen LogP) is 5.85. The number of amidine groups is 1. The molecule has 9 nitrogen and oxygen atoms in total. The molecule has 0 bridgehead atoms. The van der Waals surface area contributed by atoms with Crippen molar-refractivity contribution < 1.29 is 28.7 Å². The van der Waals surface area contributed by atoms with Gasteiger partial charge in [-0.05, 0) is 74.0 Å². The number of esters is 2. The van der Waals surface area contributed by atoms with E-state index in [9.17, 15) is 19.2 Å². The van der Waals surface area contributed by atoms with Crippen LogP contribution in [0.5, 0.6) is 0 Å². The Balaban J connectivity index is 1.56. The SMILES string of the molecule is CCOC(=O)c1ccc(N=C2SC(C(=O)Nc3ccc(C(=O)OCC)cc3)CC(=O)N2Cc2ccccc2Cl)cc1. The number of halogens is 1. The third kappa shape index (κ3) is 7.74. The van der Waals surface area contributed by atoms with Crippen LogP contribution >= 0.6 is 23.4 Å². The van der Waals surface area contributed by atoms with Gasteiger partial charge in [0.05, 0.1) is 36.6 Å². The molecule has 3 aromatic rings. The van der Waals surface area contributed by atoms with Crippen molar-refractivity contribution in [3.63, 3.8) is 0 Å². The summed E-state index contributed by atoms with van der Waals surface area (Å²) in [6.07, 6.45) is -0.0529. The number of hydrogen-bond donors (Lipinski definition) is 1. The zero-order valence-corrected chi connectivity index (χ0v) is 24.0. The van der Waals surface area contributed by atoms with E-state index in [0.717, 1.165) is 17.3 Å². The number of hydrogen-bond acceptors (Lipinski definition) is 8. The first-order valence-electron chi connectivity index (χ1n) is 12.9. The molecule has 0 saturated carbocycles. The maximum absolute atomic E-state index is 13.4. The molecule has 3 aromatic carbocycles. The summed E-state index contributed by atoms with van der Waals surface area (Å²) < 4.78 is 10.0. The van der Waals surface area contributed by atoms with Crippen LogP contribution in [0.15, 0.2) is 77.8 Å². The monoisotopic (exact) mass is 593 g/mol. The zero-order chi connectivity index (χ0) is 29.4. The Morgan fingerprint density at radius 1 is 0.927 bits per heavy atom. The maximum Gasteiger partial charge on any atom is 0.338 e. The van der Waals surface area contributed by atoms with Crippen LogP contribution in [0.1, 0.15) is 46.5 Å². The average Bonchev–Trinajstić information content (AvgIpc) is 2.96. The second kappa shape index (κ2) is 14.0. The summed E-state index contributed by atoms with van der Waals surface area (Å²) in [5.74, 6) is -1.56. The molecule has 1 atom stereocenters. The molecule has 212 valence electrons. The van der Waals surface area contributed by atoms with Gasteiger partial charge >= 0.3 is 11.9 Å². The third-order valence-corrected chi connectivity index (χ3v) is 7.54. The number of anilines is 1. The highest BCUT2D eigenvalue weighted by Gasteiger charge is 2.36. The van der Waals surface area contributed by atoms with E-state index in [0.29, 0.717) is 32.7 Å². The van der Waals surface area contributed by atoms with E-state index in [-0.39, 0.29) is 38.0 Å². The molecule has 11 heteroatoms. The van der Waals surface area contributed by atoms with Gasteiger partial charge in [0.1, 0.15) is 5.25 Å². The Labute approximate surface area is 246 Å². The van der Waals surface area contributed by atoms with Crippen molar-refractivity contribution in [2.45, 2.75) is 32.1 Å². The van der Waals surface area contributed by atoms with Crippen LogP contribution in [0, 0.1) is 0 Å². The van der Waals surface area contributed by atoms with E-state index < -0.39 is 17.2 Å². The van der Waals surface area contributed by atoms with E-state index in [2.05, 4.69) is 10.3 Å². The molecule has 1 aliphatic heterocycles. The molecule has 1 unspecified atom stereocenters. The normalized spacial score (nSPS) is 15.9. The van der Waals surface area contributed by atoms with Crippen molar-refractivity contribution in [2.75, 3.05) is 18.5 Å². The van der Waals surface area contributed by atoms with Crippen LogP contribution in [0.3, 0.4) is 0 Å². The lowest BCUT2D eigenvalue weighted by Crippen LogP contribution is -2.44. The van der Waals surface area contributed by atoms with E-state index in [4.69, 9.17) is 21.1 Å². The van der Waals surface area contributed by atoms with Gasteiger partial charge in [-0.2, -0.15) is 0 Å². The van der Waals surface area contributed by atoms with Gasteiger partial charge in [-0.3, -0.25) is 14.5 Å². The standard InChI is InChI=1S/C30H28ClN3O6S/c1-3-39-28(37)19-9-13-22(14-10-19)32-27(36)25-17-26(35)34(18-21-7-5-6-8-24(21)31)30(41-25)33-23-15-11-20(12-16-23)29(38)40-4-2/h5-16,25H,3-4,17-18H2,1-2H3,(H,32,36). The Kier molecular flexibility index (Phi) is 10.2. The molecule has 2 amide bonds. The molecular formula is C30H28ClN3O6S. The molecular weight excluding hydrogens is 566 g/mol. The third-order valence-electron chi connectivity index (χ3n) is 5.99. The van der Waals surface area contributed by atoms with Crippen LogP contribution in [0.4, 0.5) is 11.4 Å². The minimum Gasteiger partial charge on any atom is -0.462 e. The summed E-state index contributed by atoms with van der Waals surface area (Å²) in [6.45, 7) is 4.15. The fourth-order valence-electron chi connectivity index (χ4n) is 3.92. The Hall–Kier alpha value is -4.15. The van der Waals surface area contributed by atoms with E-state index in [1.807, 2.05) is 12.1 Å². The average molecular weight is 594 g/mol. The molecule has 1 heterocycles. The molecule has 0 aliphatic carbocycles. The number of carbonyl (C=O) groups is 4. The van der Waals surface area contributed by atoms with Crippen molar-refractivity contribution in [3.05, 3.63) is 94.5 Å². The first-order valence-corrected chi connectivity index (χ1v) is 14.2. The van der Waals surface area contributed by atoms with E-state index >= 15 is 0 Å². The first-order chi connectivity index (χ1) is 19.8. The molecule has 1 saturated heterocycles. The van der Waals surface area contributed by atoms with Crippen molar-refractivity contribution in [1.29, 1.82) is 0 Å². The van der Waals surface area contributed by atoms with Gasteiger partial charge in [0.15, 0.2) is 5.17 Å². The van der Waals surface area contributed by atoms with Gasteiger partial charge in [0, 0.05) is 17.1 Å². The number of amides is 2. The largest absolute Gasteiger partial charge is 0.462 e. The van der Waals surface area contributed by atoms with Crippen molar-refractivity contribution >= 4 is 63.7 Å². The lowest BCUT2D eigenvalue weighted by Gasteiger charge is -2.32. The highest BCUT2D eigenvalue weighted by atomic mass is 35.5. The first kappa shape index (κ1) is 29.8. The molecule has 0 radical (unpaired) electrons. The Bertz CT molecular complexity index is 1460. The summed E-state index contributed by atoms with van der Waals surface area (Å²) in [5.41, 5.74) is 2.45. The minimum atomic E-state index is -0.757. The topological polar surface area (TPSA) is 114 Å². The number of aliphatic imine (C=N–C) groups is 1. The van der Waals surface area contributed by atoms with Crippen LogP contribution in [-0.2, 0) is 25.6 Å². The number of thioether (sulfide) groups is 1. The van der Waals surface area contributed by atoms with Crippen LogP contribution in [-0.4, -0.2) is 52.3 Å². The lowest BCUT2D eigenvalue weighted by molar-refractivity contribution is -0.129. The van der Waals surface area contributed by atoms with Crippen LogP contribution < -0.4 is 5.32 Å². The summed E-state index contributed by atoms with van der Waals surface area (Å²) >= 11 is 7.53. The number of rotatable bonds is 9. The van der Waals surface area contributed by atoms with Crippen LogP contribution in [0.2, 0.25) is 5.02 Å². The molecule has 0 spiro atoms. The Morgan fingerprint density at radius 2 is 1.51 bits per heavy atom. The number of carbonyl (C=O) groups excluding carboxylic acids is 4. The summed E-state index contributed by atoms with van der Waals surface area (Å²) in [5, 5.41) is 2.88. The number of nitrogens with one attached hydrogen (secondary N) is 1. The smallest absolute Gasteiger partial charge is 0.338 e. The zero-order valence-electron chi connectivity index (χ0n) is 22.5. The number of nitrogens with zero attached hydrogens (tertiary/aromatic N) is 2. The maximum atomic E-state index is 13.4. The van der Waals surface area contributed by atoms with Gasteiger partial charge in [0.2, 0.25) is 11.8 Å². The Morgan fingerprint density at radius 3 is 2.10 bits per heavy atom. The van der Waals surface area contributed by atoms with E-state index in [1.54, 1.807) is 74.5 Å². The van der Waals surface area contributed by atoms with Crippen molar-refractivity contribution in [3.8, 4) is 0 Å². The van der Waals surface area contributed by atoms with Crippen LogP contribution in [0.25, 0.3) is 0 Å². The van der Waals surface area contributed by atoms with Gasteiger partial charge in [-0.1, -0.05) is 41.6 Å². The number of ether oxygens (including phenoxy) is 2. The minimum absolute atomic E-state index is 0.0529. The van der Waals surface area contributed by atoms with Crippen molar-refractivity contribution in [1.82, 2.24) is 4.90 Å². The lowest BCUT2D eigenvalue weighted by atomic mass is 10.1. The van der Waals surface area contributed by atoms with Gasteiger partial charge in [0.25, 0.3) is 0 Å². The van der Waals surface area contributed by atoms with Crippen molar-refractivity contribution in [2.24, 2.45) is 4.99 Å². The molecule has 1 N–H and O–H groups in total. The molecule has 4 rings (SSSR count). The summed E-state index contributed by atoms with van der Waals surface area (Å²) in [6, 6.07) is 20.0. The highest BCUT2D eigenvalue weighted by Crippen LogP contribution is 2.32. The van der Waals surface area contributed by atoms with E-state index in [1.165, 1.54) is 4.90 Å². The summed E-state index contributed by atoms with van der Waals surface area (Å²) in [7, 11) is 0. The molecule has 0 aromatic heterocycles. The fraction of sp³-hybridized carbons (Fsp3) is 0.233. The second-order valence-corrected chi connectivity index (χ2v) is 10.4. The molecule has 41 heavy (non-hydrogen) atoms. The van der Waals surface area contributed by atoms with Gasteiger partial charge in [-0.25, -0.2) is 14.6 Å². The second-order valence-electron chi connectivity index (χ2n) is 8.83. The quantitative estimate of drug-likeness (QED) is 0.309.